The van der Waals surface area contributed by atoms with Gasteiger partial charge in [-0.3, -0.25) is 0 Å². The summed E-state index contributed by atoms with van der Waals surface area (Å²) in [5.74, 6) is 1.79. The summed E-state index contributed by atoms with van der Waals surface area (Å²) in [5.41, 5.74) is 2.90. The van der Waals surface area contributed by atoms with E-state index in [0.717, 1.165) is 27.0 Å². The smallest absolute Gasteiger partial charge is 0.246 e. The van der Waals surface area contributed by atoms with Crippen LogP contribution in [0.15, 0.2) is 51.5 Å². The van der Waals surface area contributed by atoms with E-state index >= 15 is 0 Å². The molecule has 1 heterocycles. The Kier molecular flexibility index (Phi) is 6.41. The van der Waals surface area contributed by atoms with Gasteiger partial charge in [0.15, 0.2) is 5.11 Å². The zero-order valence-electron chi connectivity index (χ0n) is 15.0. The lowest BCUT2D eigenvalue weighted by Crippen LogP contribution is -2.28. The number of anilines is 1. The molecule has 0 saturated carbocycles. The number of thiocarbonyl (C=S) groups is 1. The van der Waals surface area contributed by atoms with Crippen molar-refractivity contribution in [2.24, 2.45) is 0 Å². The lowest BCUT2D eigenvalue weighted by Gasteiger charge is -2.10. The number of benzene rings is 2. The van der Waals surface area contributed by atoms with Gasteiger partial charge in [0.25, 0.3) is 0 Å². The van der Waals surface area contributed by atoms with E-state index in [4.69, 9.17) is 21.5 Å². The maximum atomic E-state index is 5.43. The van der Waals surface area contributed by atoms with Crippen LogP contribution in [0.1, 0.15) is 18.4 Å². The van der Waals surface area contributed by atoms with Crippen LogP contribution in [-0.2, 0) is 6.54 Å². The third-order valence-corrected chi connectivity index (χ3v) is 4.84. The summed E-state index contributed by atoms with van der Waals surface area (Å²) in [6, 6.07) is 13.5. The van der Waals surface area contributed by atoms with Crippen molar-refractivity contribution in [1.82, 2.24) is 15.5 Å². The van der Waals surface area contributed by atoms with Gasteiger partial charge in [-0.15, -0.1) is 0 Å². The van der Waals surface area contributed by atoms with Crippen LogP contribution in [-0.4, -0.2) is 21.9 Å². The van der Waals surface area contributed by atoms with Crippen molar-refractivity contribution in [2.75, 3.05) is 11.9 Å². The molecular formula is C19H19BrN4O2S. The van der Waals surface area contributed by atoms with Gasteiger partial charge in [-0.2, -0.15) is 4.98 Å². The van der Waals surface area contributed by atoms with Crippen LogP contribution in [0.3, 0.4) is 0 Å². The lowest BCUT2D eigenvalue weighted by atomic mass is 10.2. The van der Waals surface area contributed by atoms with Gasteiger partial charge in [-0.1, -0.05) is 21.1 Å². The third-order valence-electron chi connectivity index (χ3n) is 3.71. The normalized spacial score (nSPS) is 10.5. The summed E-state index contributed by atoms with van der Waals surface area (Å²) in [7, 11) is 0. The van der Waals surface area contributed by atoms with Crippen molar-refractivity contribution in [1.29, 1.82) is 0 Å². The lowest BCUT2D eigenvalue weighted by molar-refractivity contribution is 0.340. The number of nitrogens with one attached hydrogen (secondary N) is 2. The number of rotatable bonds is 6. The molecule has 0 aliphatic carbocycles. The van der Waals surface area contributed by atoms with Crippen LogP contribution in [0, 0.1) is 6.92 Å². The zero-order chi connectivity index (χ0) is 19.2. The first-order valence-corrected chi connectivity index (χ1v) is 9.62. The van der Waals surface area contributed by atoms with Crippen LogP contribution >= 0.6 is 28.1 Å². The molecule has 0 fully saturated rings. The molecule has 8 heteroatoms. The number of aryl methyl sites for hydroxylation is 1. The van der Waals surface area contributed by atoms with Gasteiger partial charge in [0.05, 0.1) is 13.2 Å². The van der Waals surface area contributed by atoms with Crippen molar-refractivity contribution >= 4 is 38.9 Å². The monoisotopic (exact) mass is 446 g/mol. The van der Waals surface area contributed by atoms with Crippen molar-refractivity contribution in [3.05, 3.63) is 58.4 Å². The van der Waals surface area contributed by atoms with Gasteiger partial charge in [0, 0.05) is 15.7 Å². The summed E-state index contributed by atoms with van der Waals surface area (Å²) in [6.07, 6.45) is 0. The van der Waals surface area contributed by atoms with E-state index in [1.54, 1.807) is 0 Å². The van der Waals surface area contributed by atoms with E-state index in [1.165, 1.54) is 0 Å². The van der Waals surface area contributed by atoms with E-state index in [0.29, 0.717) is 30.0 Å². The Morgan fingerprint density at radius 1 is 1.22 bits per heavy atom. The highest BCUT2D eigenvalue weighted by molar-refractivity contribution is 9.10. The third kappa shape index (κ3) is 5.27. The van der Waals surface area contributed by atoms with Crippen molar-refractivity contribution in [3.8, 4) is 17.1 Å². The molecule has 6 nitrogen and oxygen atoms in total. The number of ether oxygens (including phenoxy) is 1. The van der Waals surface area contributed by atoms with Gasteiger partial charge >= 0.3 is 0 Å². The van der Waals surface area contributed by atoms with Gasteiger partial charge in [0.1, 0.15) is 5.75 Å². The van der Waals surface area contributed by atoms with Gasteiger partial charge in [0.2, 0.25) is 11.7 Å². The summed E-state index contributed by atoms with van der Waals surface area (Å²) < 4.78 is 11.8. The van der Waals surface area contributed by atoms with Crippen LogP contribution in [0.25, 0.3) is 11.4 Å². The predicted molar refractivity (Wildman–Crippen MR) is 113 cm³/mol. The van der Waals surface area contributed by atoms with Gasteiger partial charge < -0.3 is 19.9 Å². The molecule has 0 amide bonds. The van der Waals surface area contributed by atoms with Gasteiger partial charge in [-0.05, 0) is 74.1 Å². The van der Waals surface area contributed by atoms with Crippen LogP contribution in [0.4, 0.5) is 5.69 Å². The molecule has 3 aromatic rings. The first-order valence-electron chi connectivity index (χ1n) is 8.42. The molecule has 1 aromatic heterocycles. The quantitative estimate of drug-likeness (QED) is 0.531. The SMILES string of the molecule is CCOc1ccc(-c2noc(CNC(=S)Nc3ccc(Br)c(C)c3)n2)cc1. The van der Waals surface area contributed by atoms with E-state index in [-0.39, 0.29) is 0 Å². The Morgan fingerprint density at radius 2 is 2.00 bits per heavy atom. The van der Waals surface area contributed by atoms with Crippen molar-refractivity contribution in [2.45, 2.75) is 20.4 Å². The Morgan fingerprint density at radius 3 is 2.70 bits per heavy atom. The van der Waals surface area contributed by atoms with Crippen LogP contribution in [0.2, 0.25) is 0 Å². The molecule has 0 spiro atoms. The Hall–Kier alpha value is -2.45. The molecule has 0 aliphatic rings. The second-order valence-electron chi connectivity index (χ2n) is 5.74. The second kappa shape index (κ2) is 8.96. The molecule has 0 radical (unpaired) electrons. The fourth-order valence-electron chi connectivity index (χ4n) is 2.36. The van der Waals surface area contributed by atoms with Gasteiger partial charge in [-0.25, -0.2) is 0 Å². The molecule has 0 saturated heterocycles. The van der Waals surface area contributed by atoms with Crippen LogP contribution < -0.4 is 15.4 Å². The van der Waals surface area contributed by atoms with Crippen molar-refractivity contribution < 1.29 is 9.26 Å². The summed E-state index contributed by atoms with van der Waals surface area (Å²) in [5, 5.41) is 10.7. The summed E-state index contributed by atoms with van der Waals surface area (Å²) in [6.45, 7) is 4.94. The molecule has 0 bridgehead atoms. The Balaban J connectivity index is 1.55. The first-order chi connectivity index (χ1) is 13.0. The molecular weight excluding hydrogens is 428 g/mol. The molecule has 0 unspecified atom stereocenters. The number of aromatic nitrogens is 2. The number of nitrogens with zero attached hydrogens (tertiary/aromatic N) is 2. The maximum absolute atomic E-state index is 5.43. The highest BCUT2D eigenvalue weighted by Crippen LogP contribution is 2.21. The number of hydrogen-bond acceptors (Lipinski definition) is 5. The standard InChI is InChI=1S/C19H19BrN4O2S/c1-3-25-15-7-4-13(5-8-15)18-23-17(26-24-18)11-21-19(27)22-14-6-9-16(20)12(2)10-14/h4-10H,3,11H2,1-2H3,(H2,21,22,27). The van der Waals surface area contributed by atoms with E-state index < -0.39 is 0 Å². The van der Waals surface area contributed by atoms with E-state index in [9.17, 15) is 0 Å². The molecule has 0 aliphatic heterocycles. The Bertz CT molecular complexity index is 928. The average molecular weight is 447 g/mol. The molecule has 140 valence electrons. The molecule has 3 rings (SSSR count). The second-order valence-corrected chi connectivity index (χ2v) is 7.00. The number of halogens is 1. The molecule has 2 N–H and O–H groups in total. The minimum Gasteiger partial charge on any atom is -0.494 e. The highest BCUT2D eigenvalue weighted by Gasteiger charge is 2.09. The Labute approximate surface area is 171 Å². The van der Waals surface area contributed by atoms with Crippen LogP contribution in [0.5, 0.6) is 5.75 Å². The summed E-state index contributed by atoms with van der Waals surface area (Å²) >= 11 is 8.79. The summed E-state index contributed by atoms with van der Waals surface area (Å²) in [4.78, 5) is 4.39. The fourth-order valence-corrected chi connectivity index (χ4v) is 2.80. The molecule has 2 aromatic carbocycles. The molecule has 0 atom stereocenters. The highest BCUT2D eigenvalue weighted by atomic mass is 79.9. The molecule has 27 heavy (non-hydrogen) atoms. The minimum absolute atomic E-state index is 0.339. The topological polar surface area (TPSA) is 72.2 Å². The van der Waals surface area contributed by atoms with Crippen molar-refractivity contribution in [3.63, 3.8) is 0 Å². The number of hydrogen-bond donors (Lipinski definition) is 2. The zero-order valence-corrected chi connectivity index (χ0v) is 17.4. The average Bonchev–Trinajstić information content (AvgIpc) is 3.13. The predicted octanol–water partition coefficient (Wildman–Crippen LogP) is 4.69. The maximum Gasteiger partial charge on any atom is 0.246 e. The van der Waals surface area contributed by atoms with E-state index in [2.05, 4.69) is 36.7 Å². The minimum atomic E-state index is 0.339. The largest absolute Gasteiger partial charge is 0.494 e. The fraction of sp³-hybridized carbons (Fsp3) is 0.211. The van der Waals surface area contributed by atoms with E-state index in [1.807, 2.05) is 56.3 Å². The first kappa shape index (κ1) is 19.3.